The topological polar surface area (TPSA) is 85.2 Å². The molecule has 1 saturated heterocycles. The lowest BCUT2D eigenvalue weighted by Crippen LogP contribution is -2.47. The number of fused-ring (bicyclic) bond motifs is 2. The molecular weight excluding hydrogens is 613 g/mol. The number of amides is 2. The number of nitrogens with one attached hydrogen (secondary N) is 1. The molecule has 0 aliphatic carbocycles. The molecule has 1 fully saturated rings. The third-order valence-electron chi connectivity index (χ3n) is 8.74. The largest absolute Gasteiger partial charge is 0.416 e. The number of alkyl halides is 3. The average Bonchev–Trinajstić information content (AvgIpc) is 3.37. The number of nitriles is 1. The summed E-state index contributed by atoms with van der Waals surface area (Å²) in [4.78, 5) is 25.9. The zero-order chi connectivity index (χ0) is 32.3. The summed E-state index contributed by atoms with van der Waals surface area (Å²) >= 11 is 6.03. The number of nitrogens with zero attached hydrogens (tertiary/aromatic N) is 5. The standard InChI is InChI=1S/C35H30ClF3N6O/c36-32-18-25(11-14-41-32)21-43-33(46)45-23-34(30-19-26(6-10-31(30)45)27-5-9-29(20-40)42-22-27)12-16-44(17-13-34)15-1-2-24-3-7-28(8-4-24)35(37,38)39/h1-11,14,18-19,22H,12-13,15-17,21,23H2,(H,43,46). The number of likely N-dealkylation sites (tertiary alicyclic amines) is 1. The maximum atomic E-state index is 13.6. The van der Waals surface area contributed by atoms with Gasteiger partial charge in [-0.15, -0.1) is 0 Å². The smallest absolute Gasteiger partial charge is 0.334 e. The van der Waals surface area contributed by atoms with Crippen molar-refractivity contribution in [2.75, 3.05) is 31.1 Å². The van der Waals surface area contributed by atoms with Gasteiger partial charge in [-0.2, -0.15) is 18.4 Å². The van der Waals surface area contributed by atoms with Crippen molar-refractivity contribution in [1.29, 1.82) is 5.26 Å². The first-order valence-corrected chi connectivity index (χ1v) is 15.2. The van der Waals surface area contributed by atoms with Crippen LogP contribution in [0.3, 0.4) is 0 Å². The molecule has 4 aromatic rings. The number of pyridine rings is 2. The van der Waals surface area contributed by atoms with Crippen molar-refractivity contribution in [2.45, 2.75) is 31.0 Å². The first-order valence-electron chi connectivity index (χ1n) is 14.9. The summed E-state index contributed by atoms with van der Waals surface area (Å²) < 4.78 is 38.7. The van der Waals surface area contributed by atoms with Crippen LogP contribution in [-0.4, -0.2) is 47.1 Å². The number of piperidine rings is 1. The number of aromatic nitrogens is 2. The normalized spacial score (nSPS) is 16.0. The summed E-state index contributed by atoms with van der Waals surface area (Å²) in [6.07, 6.45) is 4.42. The second-order valence-electron chi connectivity index (χ2n) is 11.6. The Kier molecular flexibility index (Phi) is 8.80. The highest BCUT2D eigenvalue weighted by Gasteiger charge is 2.46. The molecule has 11 heteroatoms. The Morgan fingerprint density at radius 1 is 1.02 bits per heavy atom. The molecule has 0 bridgehead atoms. The molecule has 234 valence electrons. The monoisotopic (exact) mass is 642 g/mol. The molecule has 1 spiro atoms. The highest BCUT2D eigenvalue weighted by atomic mass is 35.5. The van der Waals surface area contributed by atoms with E-state index in [0.717, 1.165) is 66.0 Å². The van der Waals surface area contributed by atoms with Crippen LogP contribution in [0.1, 0.15) is 40.8 Å². The maximum absolute atomic E-state index is 13.6. The number of carbonyl (C=O) groups excluding carboxylic acids is 1. The molecule has 46 heavy (non-hydrogen) atoms. The number of hydrogen-bond donors (Lipinski definition) is 1. The van der Waals surface area contributed by atoms with Crippen LogP contribution in [0.5, 0.6) is 0 Å². The van der Waals surface area contributed by atoms with Crippen LogP contribution in [0.2, 0.25) is 5.15 Å². The van der Waals surface area contributed by atoms with Gasteiger partial charge < -0.3 is 5.32 Å². The van der Waals surface area contributed by atoms with Crippen molar-refractivity contribution in [2.24, 2.45) is 0 Å². The Balaban J connectivity index is 1.19. The van der Waals surface area contributed by atoms with Gasteiger partial charge in [0.2, 0.25) is 0 Å². The van der Waals surface area contributed by atoms with E-state index < -0.39 is 11.7 Å². The number of hydrogen-bond acceptors (Lipinski definition) is 5. The first-order chi connectivity index (χ1) is 22.1. The number of urea groups is 1. The second-order valence-corrected chi connectivity index (χ2v) is 12.0. The van der Waals surface area contributed by atoms with Gasteiger partial charge in [0.05, 0.1) is 5.56 Å². The zero-order valence-corrected chi connectivity index (χ0v) is 25.5. The minimum Gasteiger partial charge on any atom is -0.334 e. The Morgan fingerprint density at radius 2 is 1.78 bits per heavy atom. The van der Waals surface area contributed by atoms with E-state index in [1.54, 1.807) is 24.5 Å². The van der Waals surface area contributed by atoms with Crippen molar-refractivity contribution in [3.63, 3.8) is 0 Å². The predicted molar refractivity (Wildman–Crippen MR) is 171 cm³/mol. The molecule has 6 rings (SSSR count). The lowest BCUT2D eigenvalue weighted by atomic mass is 9.73. The van der Waals surface area contributed by atoms with Gasteiger partial charge in [-0.3, -0.25) is 9.80 Å². The van der Waals surface area contributed by atoms with Gasteiger partial charge in [0.15, 0.2) is 0 Å². The highest BCUT2D eigenvalue weighted by Crippen LogP contribution is 2.48. The Hall–Kier alpha value is -4.72. The number of carbonyl (C=O) groups is 1. The fourth-order valence-electron chi connectivity index (χ4n) is 6.20. The fourth-order valence-corrected chi connectivity index (χ4v) is 6.40. The second kappa shape index (κ2) is 12.9. The van der Waals surface area contributed by atoms with Gasteiger partial charge >= 0.3 is 12.2 Å². The summed E-state index contributed by atoms with van der Waals surface area (Å²) in [5.41, 5.74) is 4.82. The minimum atomic E-state index is -4.35. The molecule has 0 unspecified atom stereocenters. The Morgan fingerprint density at radius 3 is 2.46 bits per heavy atom. The van der Waals surface area contributed by atoms with Crippen molar-refractivity contribution in [1.82, 2.24) is 20.2 Å². The molecule has 4 heterocycles. The van der Waals surface area contributed by atoms with E-state index in [-0.39, 0.29) is 11.4 Å². The third-order valence-corrected chi connectivity index (χ3v) is 8.94. The lowest BCUT2D eigenvalue weighted by Gasteiger charge is -2.39. The molecule has 1 N–H and O–H groups in total. The SMILES string of the molecule is N#Cc1ccc(-c2ccc3c(c2)C2(CCN(CC=Cc4ccc(C(F)(F)F)cc4)CC2)CN3C(=O)NCc2ccnc(Cl)c2)cn1. The van der Waals surface area contributed by atoms with Crippen LogP contribution in [0.4, 0.5) is 23.7 Å². The van der Waals surface area contributed by atoms with Crippen LogP contribution in [-0.2, 0) is 18.1 Å². The van der Waals surface area contributed by atoms with Crippen molar-refractivity contribution in [3.8, 4) is 17.2 Å². The number of anilines is 1. The summed E-state index contributed by atoms with van der Waals surface area (Å²) in [6.45, 7) is 3.11. The van der Waals surface area contributed by atoms with Crippen molar-refractivity contribution >= 4 is 29.4 Å². The van der Waals surface area contributed by atoms with E-state index in [0.29, 0.717) is 36.0 Å². The quantitative estimate of drug-likeness (QED) is 0.221. The van der Waals surface area contributed by atoms with Crippen molar-refractivity contribution < 1.29 is 18.0 Å². The van der Waals surface area contributed by atoms with Crippen LogP contribution in [0, 0.1) is 11.3 Å². The van der Waals surface area contributed by atoms with Gasteiger partial charge in [0.1, 0.15) is 16.9 Å². The summed E-state index contributed by atoms with van der Waals surface area (Å²) in [7, 11) is 0. The molecular formula is C35H30ClF3N6O. The summed E-state index contributed by atoms with van der Waals surface area (Å²) in [6, 6.07) is 20.2. The van der Waals surface area contributed by atoms with Crippen LogP contribution in [0.15, 0.2) is 85.2 Å². The van der Waals surface area contributed by atoms with Gasteiger partial charge in [-0.1, -0.05) is 42.0 Å². The zero-order valence-electron chi connectivity index (χ0n) is 24.8. The first kappa shape index (κ1) is 31.3. The van der Waals surface area contributed by atoms with Crippen LogP contribution < -0.4 is 10.2 Å². The predicted octanol–water partition coefficient (Wildman–Crippen LogP) is 7.46. The van der Waals surface area contributed by atoms with E-state index in [4.69, 9.17) is 16.9 Å². The number of halogens is 4. The van der Waals surface area contributed by atoms with Crippen molar-refractivity contribution in [3.05, 3.63) is 118 Å². The van der Waals surface area contributed by atoms with Gasteiger partial charge in [-0.25, -0.2) is 14.8 Å². The molecule has 2 aliphatic heterocycles. The number of benzene rings is 2. The van der Waals surface area contributed by atoms with E-state index >= 15 is 0 Å². The number of rotatable bonds is 6. The highest BCUT2D eigenvalue weighted by molar-refractivity contribution is 6.29. The molecule has 7 nitrogen and oxygen atoms in total. The Bertz CT molecular complexity index is 1790. The maximum Gasteiger partial charge on any atom is 0.416 e. The van der Waals surface area contributed by atoms with Gasteiger partial charge in [-0.05, 0) is 96.7 Å². The van der Waals surface area contributed by atoms with E-state index in [2.05, 4.69) is 32.3 Å². The fraction of sp³-hybridized carbons (Fsp3) is 0.257. The molecule has 2 aliphatic rings. The summed E-state index contributed by atoms with van der Waals surface area (Å²) in [5, 5.41) is 12.6. The lowest BCUT2D eigenvalue weighted by molar-refractivity contribution is -0.137. The molecule has 2 amide bonds. The van der Waals surface area contributed by atoms with Crippen LogP contribution >= 0.6 is 11.6 Å². The molecule has 0 atom stereocenters. The molecule has 2 aromatic carbocycles. The Labute approximate surface area is 270 Å². The average molecular weight is 643 g/mol. The molecule has 0 saturated carbocycles. The summed E-state index contributed by atoms with van der Waals surface area (Å²) in [5.74, 6) is 0. The minimum absolute atomic E-state index is 0.194. The van der Waals surface area contributed by atoms with Gasteiger partial charge in [0.25, 0.3) is 0 Å². The molecule has 2 aromatic heterocycles. The third kappa shape index (κ3) is 6.76. The van der Waals surface area contributed by atoms with Gasteiger partial charge in [0, 0.05) is 48.7 Å². The van der Waals surface area contributed by atoms with Crippen LogP contribution in [0.25, 0.3) is 17.2 Å². The van der Waals surface area contributed by atoms with E-state index in [9.17, 15) is 18.0 Å². The van der Waals surface area contributed by atoms with E-state index in [1.165, 1.54) is 12.1 Å². The van der Waals surface area contributed by atoms with E-state index in [1.807, 2.05) is 41.3 Å². The molecule has 0 radical (unpaired) electrons.